The van der Waals surface area contributed by atoms with Crippen LogP contribution in [-0.2, 0) is 29.3 Å². The van der Waals surface area contributed by atoms with Crippen LogP contribution < -0.4 is 4.90 Å². The number of fused-ring (bicyclic) bond motifs is 1. The van der Waals surface area contributed by atoms with Crippen LogP contribution in [-0.4, -0.2) is 60.0 Å². The zero-order chi connectivity index (χ0) is 24.5. The molecule has 2 heterocycles. The summed E-state index contributed by atoms with van der Waals surface area (Å²) >= 11 is 0. The summed E-state index contributed by atoms with van der Waals surface area (Å²) in [5, 5.41) is 0. The number of likely N-dealkylation sites (tertiary alicyclic amines) is 1. The second-order valence-corrected chi connectivity index (χ2v) is 11.3. The van der Waals surface area contributed by atoms with Gasteiger partial charge in [-0.15, -0.1) is 0 Å². The minimum Gasteiger partial charge on any atom is -0.467 e. The van der Waals surface area contributed by atoms with Gasteiger partial charge in [0.25, 0.3) is 0 Å². The van der Waals surface area contributed by atoms with Crippen molar-refractivity contribution in [1.29, 1.82) is 0 Å². The maximum absolute atomic E-state index is 13.9. The molecule has 0 N–H and O–H groups in total. The van der Waals surface area contributed by atoms with E-state index in [2.05, 4.69) is 0 Å². The topological polar surface area (TPSA) is 93.2 Å². The number of benzene rings is 1. The second-order valence-electron chi connectivity index (χ2n) is 11.3. The van der Waals surface area contributed by atoms with Crippen LogP contribution in [0.15, 0.2) is 24.3 Å². The summed E-state index contributed by atoms with van der Waals surface area (Å²) in [5.41, 5.74) is -2.53. The van der Waals surface area contributed by atoms with Gasteiger partial charge in [0, 0.05) is 19.4 Å². The molecule has 2 saturated carbocycles. The SMILES string of the molecule is COC(=O)[C@]12CC[C@]34CCCN(C=O)[C@@H]3[C@@]1(CC(=O)C4)c1ccccc1N2C(=O)OC(C)(C)C. The molecule has 5 rings (SSSR count). The Morgan fingerprint density at radius 3 is 2.53 bits per heavy atom. The molecule has 0 radical (unpaired) electrons. The molecule has 1 aromatic rings. The zero-order valence-electron chi connectivity index (χ0n) is 20.3. The number of rotatable bonds is 2. The number of methoxy groups -OCH3 is 1. The number of carbonyl (C=O) groups excluding carboxylic acids is 4. The Labute approximate surface area is 199 Å². The fourth-order valence-corrected chi connectivity index (χ4v) is 7.71. The van der Waals surface area contributed by atoms with E-state index in [1.54, 1.807) is 31.7 Å². The number of hydrogen-bond acceptors (Lipinski definition) is 6. The number of ether oxygens (including phenoxy) is 2. The van der Waals surface area contributed by atoms with Crippen LogP contribution in [0.4, 0.5) is 10.5 Å². The summed E-state index contributed by atoms with van der Waals surface area (Å²) in [6.45, 7) is 5.88. The number of para-hydroxylation sites is 1. The van der Waals surface area contributed by atoms with Gasteiger partial charge in [-0.2, -0.15) is 0 Å². The molecule has 2 aliphatic carbocycles. The van der Waals surface area contributed by atoms with Crippen LogP contribution in [0.2, 0.25) is 0 Å². The Kier molecular flexibility index (Phi) is 4.91. The van der Waals surface area contributed by atoms with Gasteiger partial charge in [0.2, 0.25) is 6.41 Å². The van der Waals surface area contributed by atoms with E-state index in [1.165, 1.54) is 12.0 Å². The lowest BCUT2D eigenvalue weighted by Gasteiger charge is -2.66. The van der Waals surface area contributed by atoms with E-state index in [0.717, 1.165) is 24.8 Å². The summed E-state index contributed by atoms with van der Waals surface area (Å²) in [4.78, 5) is 56.7. The van der Waals surface area contributed by atoms with Crippen molar-refractivity contribution in [3.05, 3.63) is 29.8 Å². The van der Waals surface area contributed by atoms with Crippen LogP contribution in [0.5, 0.6) is 0 Å². The molecule has 8 heteroatoms. The molecule has 34 heavy (non-hydrogen) atoms. The number of amides is 2. The first-order valence-corrected chi connectivity index (χ1v) is 12.0. The molecule has 8 nitrogen and oxygen atoms in total. The molecule has 2 amide bonds. The van der Waals surface area contributed by atoms with Gasteiger partial charge in [0.15, 0.2) is 5.54 Å². The number of piperidine rings is 1. The third-order valence-electron chi connectivity index (χ3n) is 8.46. The van der Waals surface area contributed by atoms with E-state index in [0.29, 0.717) is 31.5 Å². The van der Waals surface area contributed by atoms with Crippen LogP contribution in [0.25, 0.3) is 0 Å². The number of hydrogen-bond donors (Lipinski definition) is 0. The highest BCUT2D eigenvalue weighted by Crippen LogP contribution is 2.70. The maximum atomic E-state index is 13.9. The predicted molar refractivity (Wildman–Crippen MR) is 123 cm³/mol. The van der Waals surface area contributed by atoms with Crippen LogP contribution in [0.3, 0.4) is 0 Å². The van der Waals surface area contributed by atoms with Crippen molar-refractivity contribution in [2.75, 3.05) is 18.6 Å². The number of esters is 1. The molecule has 1 aromatic carbocycles. The monoisotopic (exact) mass is 468 g/mol. The Bertz CT molecular complexity index is 1080. The molecule has 3 fully saturated rings. The third kappa shape index (κ3) is 2.71. The first-order chi connectivity index (χ1) is 16.1. The standard InChI is InChI=1S/C26H32N2O6/c1-23(2,3)34-22(32)28-19-9-6-5-8-18(19)25-15-17(30)14-24(10-7-13-27(16-29)20(24)25)11-12-26(25,28)21(31)33-4/h5-6,8-9,16,20H,7,10-15H2,1-4H3/t20-,24-,25+,26+/m0/s1. The molecule has 182 valence electrons. The lowest BCUT2D eigenvalue weighted by molar-refractivity contribution is -0.175. The highest BCUT2D eigenvalue weighted by molar-refractivity contribution is 6.06. The average molecular weight is 469 g/mol. The third-order valence-corrected chi connectivity index (χ3v) is 8.46. The fraction of sp³-hybridized carbons (Fsp3) is 0.615. The highest BCUT2D eigenvalue weighted by Gasteiger charge is 2.79. The molecule has 2 bridgehead atoms. The van der Waals surface area contributed by atoms with Crippen LogP contribution in [0, 0.1) is 5.41 Å². The van der Waals surface area contributed by atoms with E-state index in [9.17, 15) is 19.2 Å². The van der Waals surface area contributed by atoms with Crippen molar-refractivity contribution in [1.82, 2.24) is 4.90 Å². The van der Waals surface area contributed by atoms with Crippen LogP contribution >= 0.6 is 0 Å². The van der Waals surface area contributed by atoms with Crippen molar-refractivity contribution >= 4 is 29.9 Å². The summed E-state index contributed by atoms with van der Waals surface area (Å²) in [5.74, 6) is -0.521. The quantitative estimate of drug-likeness (QED) is 0.488. The van der Waals surface area contributed by atoms with Gasteiger partial charge in [-0.25, -0.2) is 9.59 Å². The summed E-state index contributed by atoms with van der Waals surface area (Å²) in [6, 6.07) is 6.96. The zero-order valence-corrected chi connectivity index (χ0v) is 20.3. The summed E-state index contributed by atoms with van der Waals surface area (Å²) < 4.78 is 11.2. The molecule has 2 aliphatic heterocycles. The van der Waals surface area contributed by atoms with E-state index in [1.807, 2.05) is 18.2 Å². The number of anilines is 1. The molecular weight excluding hydrogens is 436 g/mol. The first kappa shape index (κ1) is 22.9. The Morgan fingerprint density at radius 2 is 1.85 bits per heavy atom. The molecule has 1 spiro atoms. The molecule has 1 saturated heterocycles. The maximum Gasteiger partial charge on any atom is 0.415 e. The molecular formula is C26H32N2O6. The van der Waals surface area contributed by atoms with Gasteiger partial charge in [-0.3, -0.25) is 14.5 Å². The number of Topliss-reactive ketones (excluding diaryl/α,β-unsaturated/α-hetero) is 1. The van der Waals surface area contributed by atoms with Gasteiger partial charge in [-0.1, -0.05) is 18.2 Å². The molecule has 4 atom stereocenters. The predicted octanol–water partition coefficient (Wildman–Crippen LogP) is 3.36. The minimum absolute atomic E-state index is 0.0535. The van der Waals surface area contributed by atoms with E-state index < -0.39 is 40.1 Å². The smallest absolute Gasteiger partial charge is 0.415 e. The Hall–Kier alpha value is -2.90. The normalized spacial score (nSPS) is 34.0. The first-order valence-electron chi connectivity index (χ1n) is 12.0. The van der Waals surface area contributed by atoms with Crippen LogP contribution in [0.1, 0.15) is 64.9 Å². The van der Waals surface area contributed by atoms with Gasteiger partial charge in [0.05, 0.1) is 24.3 Å². The van der Waals surface area contributed by atoms with E-state index in [-0.39, 0.29) is 12.2 Å². The Balaban J connectivity index is 1.84. The lowest BCUT2D eigenvalue weighted by Crippen LogP contribution is -2.79. The van der Waals surface area contributed by atoms with E-state index in [4.69, 9.17) is 9.47 Å². The minimum atomic E-state index is -1.49. The molecule has 4 aliphatic rings. The van der Waals surface area contributed by atoms with Gasteiger partial charge >= 0.3 is 12.1 Å². The van der Waals surface area contributed by atoms with Crippen molar-refractivity contribution in [2.45, 2.75) is 81.9 Å². The van der Waals surface area contributed by atoms with Crippen molar-refractivity contribution in [3.8, 4) is 0 Å². The highest BCUT2D eigenvalue weighted by atomic mass is 16.6. The summed E-state index contributed by atoms with van der Waals surface area (Å²) in [7, 11) is 1.31. The number of carbonyl (C=O) groups is 4. The fourth-order valence-electron chi connectivity index (χ4n) is 7.71. The molecule has 0 unspecified atom stereocenters. The lowest BCUT2D eigenvalue weighted by atomic mass is 9.42. The largest absolute Gasteiger partial charge is 0.467 e. The van der Waals surface area contributed by atoms with Gasteiger partial charge in [0.1, 0.15) is 11.4 Å². The number of nitrogens with zero attached hydrogens (tertiary/aromatic N) is 2. The van der Waals surface area contributed by atoms with Gasteiger partial charge in [-0.05, 0) is 63.5 Å². The van der Waals surface area contributed by atoms with Crippen molar-refractivity contribution in [3.63, 3.8) is 0 Å². The van der Waals surface area contributed by atoms with Crippen molar-refractivity contribution < 1.29 is 28.7 Å². The van der Waals surface area contributed by atoms with Gasteiger partial charge < -0.3 is 14.4 Å². The molecule has 0 aromatic heterocycles. The van der Waals surface area contributed by atoms with E-state index >= 15 is 0 Å². The number of ketones is 1. The average Bonchev–Trinajstić information content (AvgIpc) is 3.02. The Morgan fingerprint density at radius 1 is 1.12 bits per heavy atom. The summed E-state index contributed by atoms with van der Waals surface area (Å²) in [6.07, 6.45) is 3.14. The van der Waals surface area contributed by atoms with Crippen molar-refractivity contribution in [2.24, 2.45) is 5.41 Å². The second kappa shape index (κ2) is 7.30.